The van der Waals surface area contributed by atoms with Crippen LogP contribution in [0.1, 0.15) is 13.3 Å². The van der Waals surface area contributed by atoms with E-state index in [0.717, 1.165) is 0 Å². The van der Waals surface area contributed by atoms with Gasteiger partial charge in [-0.05, 0) is 6.42 Å². The molecular formula is C3H9O3PS. The second-order valence-corrected chi connectivity index (χ2v) is 4.31. The van der Waals surface area contributed by atoms with Crippen LogP contribution in [0.15, 0.2) is 0 Å². The van der Waals surface area contributed by atoms with Gasteiger partial charge >= 0.3 is 7.60 Å². The molecule has 0 aromatic heterocycles. The van der Waals surface area contributed by atoms with Crippen LogP contribution in [-0.4, -0.2) is 14.8 Å². The van der Waals surface area contributed by atoms with Gasteiger partial charge in [-0.1, -0.05) is 6.92 Å². The van der Waals surface area contributed by atoms with Crippen molar-refractivity contribution in [3.63, 3.8) is 0 Å². The van der Waals surface area contributed by atoms with E-state index >= 15 is 0 Å². The number of rotatable bonds is 2. The quantitative estimate of drug-likeness (QED) is 0.410. The van der Waals surface area contributed by atoms with Crippen LogP contribution in [0, 0.1) is 0 Å². The van der Waals surface area contributed by atoms with Gasteiger partial charge in [-0.2, -0.15) is 12.6 Å². The molecule has 0 aliphatic rings. The normalized spacial score (nSPS) is 16.0. The van der Waals surface area contributed by atoms with E-state index in [0.29, 0.717) is 6.42 Å². The minimum Gasteiger partial charge on any atom is -0.324 e. The molecular weight excluding hydrogens is 147 g/mol. The molecule has 0 saturated heterocycles. The first kappa shape index (κ1) is 8.50. The van der Waals surface area contributed by atoms with Gasteiger partial charge in [0.2, 0.25) is 0 Å². The van der Waals surface area contributed by atoms with Crippen molar-refractivity contribution in [3.8, 4) is 0 Å². The zero-order valence-corrected chi connectivity index (χ0v) is 6.27. The molecule has 0 radical (unpaired) electrons. The van der Waals surface area contributed by atoms with E-state index in [2.05, 4.69) is 12.6 Å². The molecule has 0 rings (SSSR count). The Morgan fingerprint density at radius 1 is 1.75 bits per heavy atom. The lowest BCUT2D eigenvalue weighted by Crippen LogP contribution is -1.95. The van der Waals surface area contributed by atoms with Crippen LogP contribution in [-0.2, 0) is 4.57 Å². The lowest BCUT2D eigenvalue weighted by Gasteiger charge is -2.07. The van der Waals surface area contributed by atoms with Gasteiger partial charge < -0.3 is 9.79 Å². The highest BCUT2D eigenvalue weighted by atomic mass is 32.1. The van der Waals surface area contributed by atoms with E-state index in [-0.39, 0.29) is 0 Å². The average molecular weight is 156 g/mol. The molecule has 0 aliphatic carbocycles. The molecule has 50 valence electrons. The van der Waals surface area contributed by atoms with Gasteiger partial charge in [-0.3, -0.25) is 4.57 Å². The van der Waals surface area contributed by atoms with E-state index < -0.39 is 12.6 Å². The lowest BCUT2D eigenvalue weighted by atomic mass is 10.6. The Labute approximate surface area is 53.7 Å². The second-order valence-electron chi connectivity index (χ2n) is 1.48. The Balaban J connectivity index is 3.82. The molecule has 8 heavy (non-hydrogen) atoms. The first-order valence-corrected chi connectivity index (χ1v) is 4.41. The summed E-state index contributed by atoms with van der Waals surface area (Å²) in [4.78, 5) is 15.9. The molecule has 3 nitrogen and oxygen atoms in total. The van der Waals surface area contributed by atoms with Crippen molar-refractivity contribution in [2.75, 3.05) is 0 Å². The fourth-order valence-corrected chi connectivity index (χ4v) is 0.714. The molecule has 0 bridgehead atoms. The summed E-state index contributed by atoms with van der Waals surface area (Å²) >= 11 is 3.65. The Hall–Kier alpha value is 0.500. The van der Waals surface area contributed by atoms with Gasteiger partial charge in [0, 0.05) is 0 Å². The Bertz CT molecular complexity index is 109. The van der Waals surface area contributed by atoms with Crippen molar-refractivity contribution >= 4 is 20.2 Å². The maximum Gasteiger partial charge on any atom is 0.338 e. The number of thiol groups is 1. The monoisotopic (exact) mass is 156 g/mol. The van der Waals surface area contributed by atoms with Crippen molar-refractivity contribution in [1.82, 2.24) is 0 Å². The van der Waals surface area contributed by atoms with Gasteiger partial charge in [0.1, 0.15) is 4.99 Å². The molecule has 0 aliphatic heterocycles. The summed E-state index contributed by atoms with van der Waals surface area (Å²) in [6.07, 6.45) is 0.396. The molecule has 0 heterocycles. The summed E-state index contributed by atoms with van der Waals surface area (Å²) in [5.74, 6) is 0. The molecule has 1 unspecified atom stereocenters. The summed E-state index contributed by atoms with van der Waals surface area (Å²) in [6, 6.07) is 0. The predicted molar refractivity (Wildman–Crippen MR) is 35.1 cm³/mol. The summed E-state index contributed by atoms with van der Waals surface area (Å²) < 4.78 is 10.2. The van der Waals surface area contributed by atoms with Crippen LogP contribution in [0.4, 0.5) is 0 Å². The molecule has 0 saturated carbocycles. The molecule has 0 aromatic rings. The minimum atomic E-state index is -3.89. The van der Waals surface area contributed by atoms with E-state index in [1.54, 1.807) is 6.92 Å². The van der Waals surface area contributed by atoms with Crippen molar-refractivity contribution in [1.29, 1.82) is 0 Å². The highest BCUT2D eigenvalue weighted by molar-refractivity contribution is 7.89. The largest absolute Gasteiger partial charge is 0.338 e. The van der Waals surface area contributed by atoms with E-state index in [9.17, 15) is 4.57 Å². The molecule has 0 amide bonds. The Morgan fingerprint density at radius 2 is 2.12 bits per heavy atom. The third-order valence-electron chi connectivity index (χ3n) is 0.753. The highest BCUT2D eigenvalue weighted by Crippen LogP contribution is 2.44. The van der Waals surface area contributed by atoms with Crippen molar-refractivity contribution in [3.05, 3.63) is 0 Å². The molecule has 0 aromatic carbocycles. The Kier molecular flexibility index (Phi) is 3.05. The lowest BCUT2D eigenvalue weighted by molar-refractivity contribution is 0.369. The summed E-state index contributed by atoms with van der Waals surface area (Å²) in [7, 11) is -3.89. The van der Waals surface area contributed by atoms with Gasteiger partial charge in [0.25, 0.3) is 0 Å². The third-order valence-corrected chi connectivity index (χ3v) is 3.16. The van der Waals surface area contributed by atoms with E-state index in [1.807, 2.05) is 0 Å². The van der Waals surface area contributed by atoms with E-state index in [1.165, 1.54) is 0 Å². The predicted octanol–water partition coefficient (Wildman–Crippen LogP) is 0.830. The highest BCUT2D eigenvalue weighted by Gasteiger charge is 2.21. The Morgan fingerprint density at radius 3 is 2.12 bits per heavy atom. The van der Waals surface area contributed by atoms with Gasteiger partial charge in [0.05, 0.1) is 0 Å². The van der Waals surface area contributed by atoms with Gasteiger partial charge in [-0.15, -0.1) is 0 Å². The second kappa shape index (κ2) is 2.87. The molecule has 5 heteroatoms. The van der Waals surface area contributed by atoms with Crippen molar-refractivity contribution in [2.45, 2.75) is 18.3 Å². The molecule has 0 spiro atoms. The fraction of sp³-hybridized carbons (Fsp3) is 1.00. The standard InChI is InChI=1S/C3H9O3PS/c1-2-3(8)7(4,5)6/h3,8H,2H2,1H3,(H2,4,5,6). The summed E-state index contributed by atoms with van der Waals surface area (Å²) in [5.41, 5.74) is 0. The van der Waals surface area contributed by atoms with Crippen LogP contribution in [0.5, 0.6) is 0 Å². The topological polar surface area (TPSA) is 57.5 Å². The van der Waals surface area contributed by atoms with Crippen molar-refractivity contribution in [2.24, 2.45) is 0 Å². The molecule has 0 fully saturated rings. The summed E-state index contributed by atoms with van der Waals surface area (Å²) in [6.45, 7) is 1.68. The first-order valence-electron chi connectivity index (χ1n) is 2.21. The minimum absolute atomic E-state index is 0.396. The first-order chi connectivity index (χ1) is 3.48. The van der Waals surface area contributed by atoms with Gasteiger partial charge in [0.15, 0.2) is 0 Å². The van der Waals surface area contributed by atoms with E-state index in [4.69, 9.17) is 9.79 Å². The molecule has 1 atom stereocenters. The van der Waals surface area contributed by atoms with Crippen LogP contribution < -0.4 is 0 Å². The van der Waals surface area contributed by atoms with Crippen LogP contribution in [0.2, 0.25) is 0 Å². The molecule has 2 N–H and O–H groups in total. The smallest absolute Gasteiger partial charge is 0.324 e. The maximum absolute atomic E-state index is 10.2. The van der Waals surface area contributed by atoms with Crippen LogP contribution >= 0.6 is 20.2 Å². The van der Waals surface area contributed by atoms with Crippen molar-refractivity contribution < 1.29 is 14.4 Å². The third kappa shape index (κ3) is 2.72. The zero-order valence-electron chi connectivity index (χ0n) is 4.48. The maximum atomic E-state index is 10.2. The number of hydrogen-bond acceptors (Lipinski definition) is 2. The fourth-order valence-electron chi connectivity index (χ4n) is 0.238. The zero-order chi connectivity index (χ0) is 6.78. The van der Waals surface area contributed by atoms with Crippen LogP contribution in [0.25, 0.3) is 0 Å². The SMILES string of the molecule is CCC(S)P(=O)(O)O. The average Bonchev–Trinajstić information content (AvgIpc) is 1.62. The summed E-state index contributed by atoms with van der Waals surface area (Å²) in [5, 5.41) is 0. The van der Waals surface area contributed by atoms with Crippen LogP contribution in [0.3, 0.4) is 0 Å². The van der Waals surface area contributed by atoms with Gasteiger partial charge in [-0.25, -0.2) is 0 Å². The number of hydrogen-bond donors (Lipinski definition) is 3.